The Bertz CT molecular complexity index is 1050. The first kappa shape index (κ1) is 17.9. The predicted molar refractivity (Wildman–Crippen MR) is 101 cm³/mol. The molecule has 1 aromatic carbocycles. The van der Waals surface area contributed by atoms with Crippen molar-refractivity contribution in [2.75, 3.05) is 0 Å². The Labute approximate surface area is 158 Å². The van der Waals surface area contributed by atoms with Crippen LogP contribution in [0.2, 0.25) is 0 Å². The highest BCUT2D eigenvalue weighted by atomic mass is 32.2. The second kappa shape index (κ2) is 6.94. The molecule has 2 aromatic heterocycles. The van der Waals surface area contributed by atoms with E-state index >= 15 is 0 Å². The third-order valence-corrected chi connectivity index (χ3v) is 6.73. The summed E-state index contributed by atoms with van der Waals surface area (Å²) >= 11 is 0. The number of hydrogen-bond acceptors (Lipinski definition) is 5. The highest BCUT2D eigenvalue weighted by Gasteiger charge is 2.29. The van der Waals surface area contributed by atoms with E-state index in [9.17, 15) is 8.42 Å². The van der Waals surface area contributed by atoms with Crippen LogP contribution in [0.4, 0.5) is 0 Å². The topological polar surface area (TPSA) is 101 Å². The number of H-pyrrole nitrogens is 1. The third-order valence-electron chi connectivity index (χ3n) is 5.06. The molecule has 27 heavy (non-hydrogen) atoms. The summed E-state index contributed by atoms with van der Waals surface area (Å²) in [4.78, 5) is 3.34. The van der Waals surface area contributed by atoms with Gasteiger partial charge in [-0.2, -0.15) is 0 Å². The Balaban J connectivity index is 1.60. The molecule has 2 heterocycles. The Morgan fingerprint density at radius 2 is 1.93 bits per heavy atom. The van der Waals surface area contributed by atoms with E-state index in [1.165, 1.54) is 6.42 Å². The van der Waals surface area contributed by atoms with Gasteiger partial charge in [0.15, 0.2) is 0 Å². The largest absolute Gasteiger partial charge is 0.419 e. The van der Waals surface area contributed by atoms with Crippen LogP contribution in [-0.2, 0) is 16.6 Å². The molecule has 1 fully saturated rings. The Morgan fingerprint density at radius 1 is 1.19 bits per heavy atom. The second-order valence-electron chi connectivity index (χ2n) is 6.96. The molecule has 0 spiro atoms. The molecule has 0 atom stereocenters. The maximum Gasteiger partial charge on any atom is 0.264 e. The first-order valence-corrected chi connectivity index (χ1v) is 10.5. The maximum absolute atomic E-state index is 12.9. The molecule has 0 amide bonds. The summed E-state index contributed by atoms with van der Waals surface area (Å²) in [6.07, 6.45) is 3.30. The standard InChI is InChI=1S/C19H22N4O3S/c1-12-16(19-23-22-18(26-19)15-9-6-10-15)21-13(2)17(12)27(24,25)20-11-14-7-4-3-5-8-14/h3-5,7-8,15,20-21H,6,9-11H2,1-2H3. The smallest absolute Gasteiger partial charge is 0.264 e. The molecule has 2 N–H and O–H groups in total. The fraction of sp³-hybridized carbons (Fsp3) is 0.368. The summed E-state index contributed by atoms with van der Waals surface area (Å²) in [5.41, 5.74) is 2.59. The fourth-order valence-corrected chi connectivity index (χ4v) is 4.81. The summed E-state index contributed by atoms with van der Waals surface area (Å²) in [7, 11) is -3.68. The van der Waals surface area contributed by atoms with Crippen LogP contribution in [0.3, 0.4) is 0 Å². The zero-order valence-electron chi connectivity index (χ0n) is 15.3. The van der Waals surface area contributed by atoms with E-state index in [4.69, 9.17) is 4.42 Å². The minimum atomic E-state index is -3.68. The minimum absolute atomic E-state index is 0.231. The molecular formula is C19H22N4O3S. The lowest BCUT2D eigenvalue weighted by Gasteiger charge is -2.20. The van der Waals surface area contributed by atoms with E-state index in [-0.39, 0.29) is 11.4 Å². The molecule has 4 rings (SSSR count). The number of hydrogen-bond donors (Lipinski definition) is 2. The average molecular weight is 386 g/mol. The van der Waals surface area contributed by atoms with Gasteiger partial charge >= 0.3 is 0 Å². The molecule has 1 aliphatic rings. The van der Waals surface area contributed by atoms with Gasteiger partial charge in [-0.25, -0.2) is 13.1 Å². The van der Waals surface area contributed by atoms with E-state index < -0.39 is 10.0 Å². The van der Waals surface area contributed by atoms with Gasteiger partial charge in [-0.3, -0.25) is 0 Å². The number of sulfonamides is 1. The molecule has 1 aliphatic carbocycles. The molecule has 0 radical (unpaired) electrons. The number of aryl methyl sites for hydroxylation is 1. The van der Waals surface area contributed by atoms with Crippen molar-refractivity contribution in [2.45, 2.75) is 50.5 Å². The molecule has 0 bridgehead atoms. The van der Waals surface area contributed by atoms with Gasteiger partial charge in [0.05, 0.1) is 0 Å². The molecule has 3 aromatic rings. The number of aromatic nitrogens is 3. The molecule has 7 nitrogen and oxygen atoms in total. The van der Waals surface area contributed by atoms with Crippen LogP contribution in [0, 0.1) is 13.8 Å². The van der Waals surface area contributed by atoms with Crippen molar-refractivity contribution in [3.8, 4) is 11.6 Å². The molecular weight excluding hydrogens is 364 g/mol. The third kappa shape index (κ3) is 3.42. The van der Waals surface area contributed by atoms with Crippen molar-refractivity contribution in [1.29, 1.82) is 0 Å². The van der Waals surface area contributed by atoms with Crippen LogP contribution >= 0.6 is 0 Å². The highest BCUT2D eigenvalue weighted by Crippen LogP contribution is 2.37. The van der Waals surface area contributed by atoms with E-state index in [1.807, 2.05) is 30.3 Å². The minimum Gasteiger partial charge on any atom is -0.419 e. The van der Waals surface area contributed by atoms with Gasteiger partial charge in [-0.05, 0) is 37.8 Å². The van der Waals surface area contributed by atoms with Gasteiger partial charge in [0.1, 0.15) is 10.6 Å². The van der Waals surface area contributed by atoms with Crippen LogP contribution in [0.1, 0.15) is 47.9 Å². The summed E-state index contributed by atoms with van der Waals surface area (Å²) < 4.78 is 34.2. The van der Waals surface area contributed by atoms with Crippen LogP contribution < -0.4 is 4.72 Å². The molecule has 1 saturated carbocycles. The number of benzene rings is 1. The monoisotopic (exact) mass is 386 g/mol. The van der Waals surface area contributed by atoms with E-state index in [0.717, 1.165) is 18.4 Å². The predicted octanol–water partition coefficient (Wildman–Crippen LogP) is 3.43. The SMILES string of the molecule is Cc1[nH]c(-c2nnc(C3CCC3)o2)c(C)c1S(=O)(=O)NCc1ccccc1. The first-order valence-electron chi connectivity index (χ1n) is 9.02. The molecule has 0 aliphatic heterocycles. The van der Waals surface area contributed by atoms with Crippen molar-refractivity contribution >= 4 is 10.0 Å². The van der Waals surface area contributed by atoms with Crippen LogP contribution in [0.25, 0.3) is 11.6 Å². The Kier molecular flexibility index (Phi) is 4.61. The first-order chi connectivity index (χ1) is 13.0. The summed E-state index contributed by atoms with van der Waals surface area (Å²) in [6.45, 7) is 3.72. The van der Waals surface area contributed by atoms with E-state index in [1.54, 1.807) is 13.8 Å². The summed E-state index contributed by atoms with van der Waals surface area (Å²) in [5.74, 6) is 1.30. The van der Waals surface area contributed by atoms with Gasteiger partial charge in [0.25, 0.3) is 5.89 Å². The van der Waals surface area contributed by atoms with E-state index in [0.29, 0.717) is 34.7 Å². The fourth-order valence-electron chi connectivity index (χ4n) is 3.35. The van der Waals surface area contributed by atoms with Gasteiger partial charge < -0.3 is 9.40 Å². The second-order valence-corrected chi connectivity index (χ2v) is 8.67. The lowest BCUT2D eigenvalue weighted by atomic mass is 9.85. The molecule has 0 saturated heterocycles. The zero-order chi connectivity index (χ0) is 19.0. The van der Waals surface area contributed by atoms with E-state index in [2.05, 4.69) is 19.9 Å². The molecule has 8 heteroatoms. The normalized spacial score (nSPS) is 15.0. The Morgan fingerprint density at radius 3 is 2.59 bits per heavy atom. The molecule has 0 unspecified atom stereocenters. The number of nitrogens with zero attached hydrogens (tertiary/aromatic N) is 2. The van der Waals surface area contributed by atoms with Crippen molar-refractivity contribution < 1.29 is 12.8 Å². The highest BCUT2D eigenvalue weighted by molar-refractivity contribution is 7.89. The van der Waals surface area contributed by atoms with Gasteiger partial charge in [0.2, 0.25) is 15.9 Å². The van der Waals surface area contributed by atoms with Crippen LogP contribution in [0.5, 0.6) is 0 Å². The molecule has 142 valence electrons. The van der Waals surface area contributed by atoms with Crippen molar-refractivity contribution in [3.05, 3.63) is 53.0 Å². The lowest BCUT2D eigenvalue weighted by Crippen LogP contribution is -2.24. The lowest BCUT2D eigenvalue weighted by molar-refractivity contribution is 0.338. The quantitative estimate of drug-likeness (QED) is 0.676. The van der Waals surface area contributed by atoms with Gasteiger partial charge in [0, 0.05) is 18.2 Å². The van der Waals surface area contributed by atoms with Crippen molar-refractivity contribution in [1.82, 2.24) is 19.9 Å². The van der Waals surface area contributed by atoms with Crippen LogP contribution in [0.15, 0.2) is 39.6 Å². The zero-order valence-corrected chi connectivity index (χ0v) is 16.1. The number of nitrogens with one attached hydrogen (secondary N) is 2. The Hall–Kier alpha value is -2.45. The van der Waals surface area contributed by atoms with Crippen molar-refractivity contribution in [3.63, 3.8) is 0 Å². The summed E-state index contributed by atoms with van der Waals surface area (Å²) in [5, 5.41) is 8.25. The van der Waals surface area contributed by atoms with Crippen LogP contribution in [-0.4, -0.2) is 23.6 Å². The maximum atomic E-state index is 12.9. The average Bonchev–Trinajstić information content (AvgIpc) is 3.17. The number of aromatic amines is 1. The van der Waals surface area contributed by atoms with Crippen molar-refractivity contribution in [2.24, 2.45) is 0 Å². The van der Waals surface area contributed by atoms with Gasteiger partial charge in [-0.1, -0.05) is 36.8 Å². The number of rotatable bonds is 6. The van der Waals surface area contributed by atoms with Gasteiger partial charge in [-0.15, -0.1) is 10.2 Å². The summed E-state index contributed by atoms with van der Waals surface area (Å²) in [6, 6.07) is 9.41.